The van der Waals surface area contributed by atoms with Gasteiger partial charge in [-0.25, -0.2) is 9.78 Å². The molecule has 0 atom stereocenters. The number of carboxylic acids is 1. The van der Waals surface area contributed by atoms with E-state index in [1.165, 1.54) is 18.0 Å². The lowest BCUT2D eigenvalue weighted by Crippen LogP contribution is -2.04. The third-order valence-electron chi connectivity index (χ3n) is 2.19. The molecule has 1 N–H and O–H groups in total. The Morgan fingerprint density at radius 2 is 2.16 bits per heavy atom. The maximum Gasteiger partial charge on any atom is 0.342 e. The number of carbonyl (C=O) groups is 1. The van der Waals surface area contributed by atoms with Crippen LogP contribution in [0.3, 0.4) is 0 Å². The molecule has 1 aromatic carbocycles. The second-order valence-electron chi connectivity index (χ2n) is 3.41. The monoisotopic (exact) mass is 296 g/mol. The molecule has 19 heavy (non-hydrogen) atoms. The number of rotatable bonds is 4. The summed E-state index contributed by atoms with van der Waals surface area (Å²) in [5.74, 6) is -0.841. The van der Waals surface area contributed by atoms with E-state index in [2.05, 4.69) is 9.97 Å². The Morgan fingerprint density at radius 1 is 1.42 bits per heavy atom. The summed E-state index contributed by atoms with van der Waals surface area (Å²) >= 11 is 7.25. The summed E-state index contributed by atoms with van der Waals surface area (Å²) in [6.45, 7) is 0. The van der Waals surface area contributed by atoms with Crippen LogP contribution < -0.4 is 4.74 Å². The Balaban J connectivity index is 2.43. The smallest absolute Gasteiger partial charge is 0.342 e. The second-order valence-corrected chi connectivity index (χ2v) is 4.59. The van der Waals surface area contributed by atoms with Crippen molar-refractivity contribution in [2.24, 2.45) is 0 Å². The minimum atomic E-state index is -1.16. The first-order valence-electron chi connectivity index (χ1n) is 5.18. The largest absolute Gasteiger partial charge is 0.477 e. The maximum absolute atomic E-state index is 11.1. The topological polar surface area (TPSA) is 72.3 Å². The molecule has 1 aromatic heterocycles. The van der Waals surface area contributed by atoms with Crippen molar-refractivity contribution in [3.8, 4) is 11.6 Å². The van der Waals surface area contributed by atoms with Crippen LogP contribution in [-0.2, 0) is 0 Å². The van der Waals surface area contributed by atoms with Gasteiger partial charge >= 0.3 is 5.97 Å². The highest BCUT2D eigenvalue weighted by Gasteiger charge is 2.16. The number of carboxylic acid groups (broad SMARTS) is 1. The number of ether oxygens (including phenoxy) is 1. The van der Waals surface area contributed by atoms with Gasteiger partial charge in [-0.05, 0) is 18.4 Å². The van der Waals surface area contributed by atoms with Crippen molar-refractivity contribution in [2.45, 2.75) is 5.16 Å². The number of hydrogen-bond donors (Lipinski definition) is 1. The number of nitrogens with zero attached hydrogens (tertiary/aromatic N) is 2. The van der Waals surface area contributed by atoms with Crippen molar-refractivity contribution in [1.82, 2.24) is 9.97 Å². The van der Waals surface area contributed by atoms with Crippen LogP contribution >= 0.6 is 23.4 Å². The highest BCUT2D eigenvalue weighted by molar-refractivity contribution is 7.98. The zero-order chi connectivity index (χ0) is 13.8. The number of thioether (sulfide) groups is 1. The minimum Gasteiger partial charge on any atom is -0.477 e. The zero-order valence-corrected chi connectivity index (χ0v) is 11.4. The van der Waals surface area contributed by atoms with Gasteiger partial charge in [0.15, 0.2) is 5.16 Å². The highest BCUT2D eigenvalue weighted by Crippen LogP contribution is 2.30. The van der Waals surface area contributed by atoms with Crippen molar-refractivity contribution >= 4 is 29.3 Å². The number of hydrogen-bond acceptors (Lipinski definition) is 5. The quantitative estimate of drug-likeness (QED) is 0.689. The van der Waals surface area contributed by atoms with E-state index in [0.717, 1.165) is 0 Å². The van der Waals surface area contributed by atoms with Gasteiger partial charge in [0.05, 0.1) is 5.02 Å². The Kier molecular flexibility index (Phi) is 4.24. The van der Waals surface area contributed by atoms with E-state index in [0.29, 0.717) is 15.9 Å². The summed E-state index contributed by atoms with van der Waals surface area (Å²) in [6.07, 6.45) is 3.00. The van der Waals surface area contributed by atoms with Gasteiger partial charge < -0.3 is 9.84 Å². The molecule has 0 amide bonds. The van der Waals surface area contributed by atoms with Crippen LogP contribution in [0.5, 0.6) is 11.6 Å². The summed E-state index contributed by atoms with van der Waals surface area (Å²) in [6, 6.07) is 6.77. The molecule has 0 aliphatic carbocycles. The SMILES string of the molecule is CSc1ncc(C(=O)O)c(Oc2ccccc2Cl)n1. The number of aromatic carboxylic acids is 1. The molecule has 0 aliphatic rings. The average molecular weight is 297 g/mol. The van der Waals surface area contributed by atoms with Crippen molar-refractivity contribution in [1.29, 1.82) is 0 Å². The molecule has 0 fully saturated rings. The third-order valence-corrected chi connectivity index (χ3v) is 3.06. The predicted octanol–water partition coefficient (Wildman–Crippen LogP) is 3.34. The summed E-state index contributed by atoms with van der Waals surface area (Å²) in [5, 5.41) is 9.88. The fourth-order valence-electron chi connectivity index (χ4n) is 1.31. The lowest BCUT2D eigenvalue weighted by Gasteiger charge is -2.09. The van der Waals surface area contributed by atoms with E-state index in [-0.39, 0.29) is 11.4 Å². The van der Waals surface area contributed by atoms with Gasteiger partial charge in [-0.3, -0.25) is 0 Å². The molecule has 0 saturated heterocycles. The highest BCUT2D eigenvalue weighted by atomic mass is 35.5. The standard InChI is InChI=1S/C12H9ClN2O3S/c1-19-12-14-6-7(11(16)17)10(15-12)18-9-5-3-2-4-8(9)13/h2-6H,1H3,(H,16,17). The van der Waals surface area contributed by atoms with Crippen molar-refractivity contribution in [3.05, 3.63) is 41.0 Å². The van der Waals surface area contributed by atoms with Gasteiger partial charge in [0, 0.05) is 6.20 Å². The number of benzene rings is 1. The van der Waals surface area contributed by atoms with E-state index >= 15 is 0 Å². The molecule has 0 spiro atoms. The Bertz CT molecular complexity index is 622. The number of para-hydroxylation sites is 1. The van der Waals surface area contributed by atoms with Crippen LogP contribution in [-0.4, -0.2) is 27.3 Å². The molecule has 0 saturated carbocycles. The molecule has 1 heterocycles. The predicted molar refractivity (Wildman–Crippen MR) is 72.3 cm³/mol. The molecule has 7 heteroatoms. The van der Waals surface area contributed by atoms with E-state index in [1.54, 1.807) is 30.5 Å². The van der Waals surface area contributed by atoms with E-state index in [4.69, 9.17) is 21.4 Å². The lowest BCUT2D eigenvalue weighted by molar-refractivity contribution is 0.0692. The first-order chi connectivity index (χ1) is 9.11. The fourth-order valence-corrected chi connectivity index (χ4v) is 1.81. The van der Waals surface area contributed by atoms with Crippen LogP contribution in [0.1, 0.15) is 10.4 Å². The molecular formula is C12H9ClN2O3S. The molecule has 2 rings (SSSR count). The molecule has 5 nitrogen and oxygen atoms in total. The number of aromatic nitrogens is 2. The average Bonchev–Trinajstić information content (AvgIpc) is 2.41. The van der Waals surface area contributed by atoms with Crippen LogP contribution in [0.15, 0.2) is 35.6 Å². The Labute approximate surface area is 118 Å². The minimum absolute atomic E-state index is 0.0278. The van der Waals surface area contributed by atoms with Gasteiger partial charge in [0.25, 0.3) is 0 Å². The summed E-state index contributed by atoms with van der Waals surface area (Å²) in [7, 11) is 0. The van der Waals surface area contributed by atoms with Crippen molar-refractivity contribution in [3.63, 3.8) is 0 Å². The molecule has 2 aromatic rings. The van der Waals surface area contributed by atoms with Crippen LogP contribution in [0.4, 0.5) is 0 Å². The second kappa shape index (κ2) is 5.90. The molecule has 0 unspecified atom stereocenters. The zero-order valence-electron chi connectivity index (χ0n) is 9.83. The van der Waals surface area contributed by atoms with Crippen LogP contribution in [0.2, 0.25) is 5.02 Å². The van der Waals surface area contributed by atoms with Crippen molar-refractivity contribution < 1.29 is 14.6 Å². The summed E-state index contributed by atoms with van der Waals surface area (Å²) in [5.41, 5.74) is -0.113. The van der Waals surface area contributed by atoms with Crippen LogP contribution in [0.25, 0.3) is 0 Å². The summed E-state index contributed by atoms with van der Waals surface area (Å²) < 4.78 is 5.47. The Morgan fingerprint density at radius 3 is 2.79 bits per heavy atom. The summed E-state index contributed by atoms with van der Waals surface area (Å²) in [4.78, 5) is 19.0. The Hall–Kier alpha value is -1.79. The molecule has 0 aliphatic heterocycles. The van der Waals surface area contributed by atoms with Gasteiger partial charge in [-0.1, -0.05) is 35.5 Å². The number of halogens is 1. The van der Waals surface area contributed by atoms with Crippen LogP contribution in [0, 0.1) is 0 Å². The van der Waals surface area contributed by atoms with Gasteiger partial charge in [-0.15, -0.1) is 0 Å². The van der Waals surface area contributed by atoms with Gasteiger partial charge in [-0.2, -0.15) is 4.98 Å². The van der Waals surface area contributed by atoms with Gasteiger partial charge in [0.2, 0.25) is 5.88 Å². The van der Waals surface area contributed by atoms with Gasteiger partial charge in [0.1, 0.15) is 11.3 Å². The maximum atomic E-state index is 11.1. The fraction of sp³-hybridized carbons (Fsp3) is 0.0833. The molecule has 98 valence electrons. The van der Waals surface area contributed by atoms with Crippen molar-refractivity contribution in [2.75, 3.05) is 6.26 Å². The first kappa shape index (κ1) is 13.6. The normalized spacial score (nSPS) is 10.2. The van der Waals surface area contributed by atoms with E-state index in [1.807, 2.05) is 0 Å². The molecule has 0 bridgehead atoms. The van der Waals surface area contributed by atoms with E-state index in [9.17, 15) is 4.79 Å². The molecule has 0 radical (unpaired) electrons. The van der Waals surface area contributed by atoms with E-state index < -0.39 is 5.97 Å². The molecular weight excluding hydrogens is 288 g/mol. The first-order valence-corrected chi connectivity index (χ1v) is 6.79. The lowest BCUT2D eigenvalue weighted by atomic mass is 10.3. The third kappa shape index (κ3) is 3.15.